The van der Waals surface area contributed by atoms with Gasteiger partial charge in [-0.15, -0.1) is 5.69 Å². The van der Waals surface area contributed by atoms with E-state index in [2.05, 4.69) is 36.4 Å². The summed E-state index contributed by atoms with van der Waals surface area (Å²) in [6.07, 6.45) is 11.7. The highest BCUT2D eigenvalue weighted by atomic mass is 16.5. The number of hydrogen-bond donors (Lipinski definition) is 6. The predicted molar refractivity (Wildman–Crippen MR) is 225 cm³/mol. The first-order chi connectivity index (χ1) is 29.2. The number of nitrogens with zero attached hydrogens (tertiary/aromatic N) is 1. The van der Waals surface area contributed by atoms with Gasteiger partial charge in [0, 0.05) is 35.7 Å². The molecule has 2 bridgehead atoms. The molecule has 10 nitrogen and oxygen atoms in total. The number of aliphatic hydroxyl groups excluding tert-OH is 1. The van der Waals surface area contributed by atoms with E-state index in [9.17, 15) is 30.3 Å². The van der Waals surface area contributed by atoms with Gasteiger partial charge in [0.1, 0.15) is 24.9 Å². The molecule has 0 amide bonds. The van der Waals surface area contributed by atoms with Crippen LogP contribution in [0.25, 0.3) is 11.3 Å². The summed E-state index contributed by atoms with van der Waals surface area (Å²) in [6.45, 7) is -0.0341. The summed E-state index contributed by atoms with van der Waals surface area (Å²) in [5.74, 6) is -0.630. The van der Waals surface area contributed by atoms with E-state index in [0.29, 0.717) is 17.9 Å². The van der Waals surface area contributed by atoms with Gasteiger partial charge in [-0.3, -0.25) is 10.5 Å². The molecule has 8 unspecified atom stereocenters. The lowest BCUT2D eigenvalue weighted by molar-refractivity contribution is -0.121. The Balaban J connectivity index is 1.08. The number of carbonyl (C=O) groups is 1. The highest BCUT2D eigenvalue weighted by Crippen LogP contribution is 2.71. The lowest BCUT2D eigenvalue weighted by atomic mass is 9.40. The van der Waals surface area contributed by atoms with E-state index >= 15 is 0 Å². The topological polar surface area (TPSA) is 177 Å². The molecule has 6 aliphatic rings. The second-order valence-electron chi connectivity index (χ2n) is 17.6. The fourth-order valence-electron chi connectivity index (χ4n) is 12.5. The van der Waals surface area contributed by atoms with E-state index in [-0.39, 0.29) is 95.5 Å². The molecule has 60 heavy (non-hydrogen) atoms. The molecule has 1 saturated carbocycles. The Bertz CT molecular complexity index is 2510. The number of nitrogens with two attached hydrogens (primary N) is 1. The third-order valence-electron chi connectivity index (χ3n) is 14.7. The third-order valence-corrected chi connectivity index (χ3v) is 14.7. The van der Waals surface area contributed by atoms with Gasteiger partial charge in [-0.1, -0.05) is 66.6 Å². The van der Waals surface area contributed by atoms with Crippen LogP contribution in [0.2, 0.25) is 0 Å². The van der Waals surface area contributed by atoms with Crippen LogP contribution in [0.5, 0.6) is 34.5 Å². The van der Waals surface area contributed by atoms with E-state index in [1.807, 2.05) is 12.3 Å². The number of hydrogen-bond acceptors (Lipinski definition) is 9. The molecule has 11 rings (SSSR count). The number of aromatic hydroxyl groups is 4. The zero-order chi connectivity index (χ0) is 41.3. The predicted octanol–water partition coefficient (Wildman–Crippen LogP) is 8.11. The summed E-state index contributed by atoms with van der Waals surface area (Å²) in [5.41, 5.74) is 14.7. The Kier molecular flexibility index (Phi) is 9.68. The first-order valence-electron chi connectivity index (χ1n) is 21.4. The van der Waals surface area contributed by atoms with Gasteiger partial charge in [-0.05, 0) is 126 Å². The summed E-state index contributed by atoms with van der Waals surface area (Å²) in [7, 11) is 0. The number of carbonyl (C=O) groups excluding carboxylic acids is 1. The molecule has 1 heterocycles. The molecule has 10 heteroatoms. The van der Waals surface area contributed by atoms with Crippen molar-refractivity contribution in [3.63, 3.8) is 0 Å². The van der Waals surface area contributed by atoms with E-state index in [0.717, 1.165) is 60.9 Å². The molecular weight excluding hydrogens is 757 g/mol. The Hall–Kier alpha value is -5.71. The average Bonchev–Trinajstić information content (AvgIpc) is 3.59. The van der Waals surface area contributed by atoms with Crippen LogP contribution in [0.4, 0.5) is 0 Å². The van der Waals surface area contributed by atoms with Gasteiger partial charge in [-0.2, -0.15) is 6.20 Å². The van der Waals surface area contributed by atoms with E-state index in [1.165, 1.54) is 28.3 Å². The van der Waals surface area contributed by atoms with Crippen LogP contribution in [0, 0.1) is 17.8 Å². The lowest BCUT2D eigenvalue weighted by Gasteiger charge is -2.63. The minimum atomic E-state index is -1.04. The number of ketones is 1. The van der Waals surface area contributed by atoms with Crippen LogP contribution < -0.4 is 20.2 Å². The van der Waals surface area contributed by atoms with Crippen molar-refractivity contribution in [3.8, 4) is 45.8 Å². The Morgan fingerprint density at radius 1 is 0.900 bits per heavy atom. The van der Waals surface area contributed by atoms with Crippen molar-refractivity contribution in [1.82, 2.24) is 4.98 Å². The summed E-state index contributed by atoms with van der Waals surface area (Å²) in [5, 5.41) is 56.0. The molecule has 7 N–H and O–H groups in total. The monoisotopic (exact) mass is 807 g/mol. The van der Waals surface area contributed by atoms with Gasteiger partial charge in [0.05, 0.1) is 6.10 Å². The molecular formula is C50H51N2O8-. The van der Waals surface area contributed by atoms with Crippen molar-refractivity contribution < 1.29 is 39.8 Å². The number of phenols is 4. The number of rotatable bonds is 12. The van der Waals surface area contributed by atoms with Crippen LogP contribution >= 0.6 is 0 Å². The van der Waals surface area contributed by atoms with Gasteiger partial charge >= 0.3 is 0 Å². The van der Waals surface area contributed by atoms with Crippen molar-refractivity contribution in [1.29, 1.82) is 0 Å². The van der Waals surface area contributed by atoms with Gasteiger partial charge in [0.15, 0.2) is 23.0 Å². The highest BCUT2D eigenvalue weighted by molar-refractivity contribution is 5.79. The van der Waals surface area contributed by atoms with Gasteiger partial charge < -0.3 is 40.0 Å². The van der Waals surface area contributed by atoms with Crippen LogP contribution in [0.1, 0.15) is 102 Å². The van der Waals surface area contributed by atoms with Crippen molar-refractivity contribution in [2.24, 2.45) is 23.5 Å². The fraction of sp³-hybridized carbons (Fsp3) is 0.380. The number of aromatic nitrogens is 1. The summed E-state index contributed by atoms with van der Waals surface area (Å²) in [6, 6.07) is 22.4. The molecule has 5 aromatic rings. The van der Waals surface area contributed by atoms with Crippen molar-refractivity contribution in [2.45, 2.75) is 93.7 Å². The molecule has 8 atom stereocenters. The molecule has 1 fully saturated rings. The summed E-state index contributed by atoms with van der Waals surface area (Å²) in [4.78, 5) is 18.8. The first kappa shape index (κ1) is 38.5. The van der Waals surface area contributed by atoms with Crippen LogP contribution in [-0.2, 0) is 29.7 Å². The molecule has 0 spiro atoms. The number of allylic oxidation sites excluding steroid dienone is 1. The second kappa shape index (κ2) is 15.1. The van der Waals surface area contributed by atoms with Gasteiger partial charge in [0.2, 0.25) is 5.75 Å². The Morgan fingerprint density at radius 2 is 1.77 bits per heavy atom. The van der Waals surface area contributed by atoms with Crippen LogP contribution in [0.3, 0.4) is 0 Å². The van der Waals surface area contributed by atoms with Crippen molar-refractivity contribution >= 4 is 5.78 Å². The molecule has 4 aromatic carbocycles. The number of benzene rings is 4. The van der Waals surface area contributed by atoms with Crippen LogP contribution in [0.15, 0.2) is 91.1 Å². The zero-order valence-electron chi connectivity index (χ0n) is 33.5. The highest BCUT2D eigenvalue weighted by Gasteiger charge is 2.63. The largest absolute Gasteiger partial charge is 0.663 e. The summed E-state index contributed by atoms with van der Waals surface area (Å²) < 4.78 is 11.8. The average molecular weight is 808 g/mol. The molecule has 1 aromatic heterocycles. The normalized spacial score (nSPS) is 26.0. The van der Waals surface area contributed by atoms with E-state index in [4.69, 9.17) is 20.2 Å². The molecule has 0 radical (unpaired) electrons. The Morgan fingerprint density at radius 3 is 2.62 bits per heavy atom. The standard InChI is InChI=1S/C50H51N2O8/c51-26-60-43-21-27(11-17-40(43)55)10-15-33(54)23-41(56)35-16-13-30-22-39(45(35)37-24-42(57)48(58)49(44(30)37)59-25-28-4-1-7-32(53)20-28)50-31-6-3-9-38(50)34-18-19-52-47(34)36-8-2-5-29(12-14-31)46(36)50/h1-2,4-5,7-8,11,13,16-21,24,30-31,35,38-39,41,45,53,55-58H,3,6,9-10,12,14-15,22-23,25-26,51H2/q-1. The van der Waals surface area contributed by atoms with E-state index in [1.54, 1.807) is 36.4 Å². The number of fused-ring (bicyclic) bond motifs is 5. The number of ether oxygens (including phenoxy) is 2. The third kappa shape index (κ3) is 6.09. The zero-order valence-corrected chi connectivity index (χ0v) is 33.5. The van der Waals surface area contributed by atoms with Crippen molar-refractivity contribution in [2.75, 3.05) is 6.73 Å². The minimum Gasteiger partial charge on any atom is -0.663 e. The first-order valence-corrected chi connectivity index (χ1v) is 21.4. The maximum absolute atomic E-state index is 13.9. The second-order valence-corrected chi connectivity index (χ2v) is 17.6. The van der Waals surface area contributed by atoms with E-state index < -0.39 is 12.0 Å². The fourth-order valence-corrected chi connectivity index (χ4v) is 12.5. The quantitative estimate of drug-likeness (QED) is 0.0410. The maximum Gasteiger partial charge on any atom is 0.200 e. The number of aliphatic hydroxyl groups is 1. The molecule has 0 saturated heterocycles. The smallest absolute Gasteiger partial charge is 0.200 e. The maximum atomic E-state index is 13.9. The van der Waals surface area contributed by atoms with Crippen LogP contribution in [-0.4, -0.2) is 44.2 Å². The molecule has 310 valence electrons. The summed E-state index contributed by atoms with van der Waals surface area (Å²) >= 11 is 0. The Labute approximate surface area is 349 Å². The van der Waals surface area contributed by atoms with Gasteiger partial charge in [0.25, 0.3) is 0 Å². The molecule has 6 aliphatic carbocycles. The lowest BCUT2D eigenvalue weighted by Crippen LogP contribution is -2.57. The molecule has 0 aliphatic heterocycles. The SMILES string of the molecule is NCOc1cc(CCC(=O)CC(O)C2C=CC3CC(C45c6c7cccc6-c6[n-]ccc6C4CCCC5CC7)C2c2cc(O)c(O)c(OCc4cccc(O)c4)c23)ccc1O. The van der Waals surface area contributed by atoms with Crippen molar-refractivity contribution in [3.05, 3.63) is 130 Å². The number of Topliss-reactive ketones (excluding diaryl/α,β-unsaturated/α-hetero) is 1. The minimum absolute atomic E-state index is 0.000808. The number of aryl methyl sites for hydroxylation is 2. The number of phenolic OH excluding ortho intramolecular Hbond substituents is 4. The van der Waals surface area contributed by atoms with Gasteiger partial charge in [-0.25, -0.2) is 0 Å².